The maximum atomic E-state index is 13.3. The zero-order valence-corrected chi connectivity index (χ0v) is 13.2. The molecule has 1 saturated heterocycles. The second-order valence-corrected chi connectivity index (χ2v) is 5.73. The zero-order valence-electron chi connectivity index (χ0n) is 12.4. The highest BCUT2D eigenvalue weighted by atomic mass is 32.2. The Bertz CT molecular complexity index is 759. The molecule has 0 radical (unpaired) electrons. The van der Waals surface area contributed by atoms with Gasteiger partial charge in [0.1, 0.15) is 11.3 Å². The lowest BCUT2D eigenvalue weighted by atomic mass is 10.2. The predicted octanol–water partition coefficient (Wildman–Crippen LogP) is 2.00. The first-order valence-electron chi connectivity index (χ1n) is 6.81. The van der Waals surface area contributed by atoms with Crippen LogP contribution in [0.3, 0.4) is 0 Å². The minimum Gasteiger partial charge on any atom is -0.465 e. The van der Waals surface area contributed by atoms with E-state index in [0.717, 1.165) is 35.4 Å². The van der Waals surface area contributed by atoms with Gasteiger partial charge in [0.15, 0.2) is 17.1 Å². The highest BCUT2D eigenvalue weighted by molar-refractivity contribution is 7.99. The number of methoxy groups -OCH3 is 1. The summed E-state index contributed by atoms with van der Waals surface area (Å²) in [4.78, 5) is 11.7. The Hall–Kier alpha value is -1.85. The van der Waals surface area contributed by atoms with E-state index in [4.69, 9.17) is 9.47 Å². The molecule has 0 aromatic carbocycles. The van der Waals surface area contributed by atoms with Crippen LogP contribution in [0.5, 0.6) is 0 Å². The van der Waals surface area contributed by atoms with Gasteiger partial charge >= 0.3 is 12.1 Å². The highest BCUT2D eigenvalue weighted by Crippen LogP contribution is 2.33. The largest absolute Gasteiger partial charge is 0.465 e. The van der Waals surface area contributed by atoms with Gasteiger partial charge in [0, 0.05) is 0 Å². The molecule has 2 aromatic rings. The maximum Gasteiger partial charge on any atom is 0.431 e. The van der Waals surface area contributed by atoms with Crippen molar-refractivity contribution in [2.45, 2.75) is 17.6 Å². The van der Waals surface area contributed by atoms with Crippen LogP contribution in [0.2, 0.25) is 0 Å². The van der Waals surface area contributed by atoms with Gasteiger partial charge in [-0.1, -0.05) is 11.8 Å². The molecule has 7 nitrogen and oxygen atoms in total. The van der Waals surface area contributed by atoms with Gasteiger partial charge in [0.25, 0.3) is 0 Å². The normalized spacial score (nSPS) is 16.0. The summed E-state index contributed by atoms with van der Waals surface area (Å²) in [5.41, 5.74) is -1.29. The van der Waals surface area contributed by atoms with Crippen LogP contribution >= 0.6 is 11.8 Å². The van der Waals surface area contributed by atoms with Crippen molar-refractivity contribution in [3.63, 3.8) is 0 Å². The third-order valence-corrected chi connectivity index (χ3v) is 4.22. The van der Waals surface area contributed by atoms with E-state index in [9.17, 15) is 18.0 Å². The zero-order chi connectivity index (χ0) is 17.3. The average Bonchev–Trinajstić information content (AvgIpc) is 3.19. The average molecular weight is 363 g/mol. The Labute approximate surface area is 138 Å². The highest BCUT2D eigenvalue weighted by Gasteiger charge is 2.36. The summed E-state index contributed by atoms with van der Waals surface area (Å²) in [6, 6.07) is 1.82. The number of hydrogen-bond acceptors (Lipinski definition) is 7. The Balaban J connectivity index is 2.03. The van der Waals surface area contributed by atoms with E-state index in [1.54, 1.807) is 0 Å². The molecule has 3 heterocycles. The minimum absolute atomic E-state index is 0.0119. The molecule has 130 valence electrons. The van der Waals surface area contributed by atoms with Crippen LogP contribution < -0.4 is 0 Å². The molecular weight excluding hydrogens is 351 g/mol. The van der Waals surface area contributed by atoms with Gasteiger partial charge in [-0.15, -0.1) is 10.2 Å². The number of hydrogen-bond donors (Lipinski definition) is 0. The molecule has 0 saturated carbocycles. The molecule has 0 bridgehead atoms. The smallest absolute Gasteiger partial charge is 0.431 e. The number of esters is 1. The van der Waals surface area contributed by atoms with Gasteiger partial charge in [-0.25, -0.2) is 4.79 Å². The predicted molar refractivity (Wildman–Crippen MR) is 75.7 cm³/mol. The Morgan fingerprint density at radius 3 is 2.71 bits per heavy atom. The second kappa shape index (κ2) is 6.57. The van der Waals surface area contributed by atoms with E-state index in [0.29, 0.717) is 13.2 Å². The number of fused-ring (bicyclic) bond motifs is 1. The van der Waals surface area contributed by atoms with Crippen LogP contribution in [-0.4, -0.2) is 52.9 Å². The van der Waals surface area contributed by atoms with E-state index in [1.807, 2.05) is 0 Å². The number of alkyl halides is 3. The summed E-state index contributed by atoms with van der Waals surface area (Å²) in [6.07, 6.45) is -5.15. The maximum absolute atomic E-state index is 13.3. The molecule has 1 aliphatic rings. The van der Waals surface area contributed by atoms with Gasteiger partial charge < -0.3 is 14.2 Å². The number of thioether (sulfide) groups is 1. The fourth-order valence-corrected chi connectivity index (χ4v) is 3.09. The van der Waals surface area contributed by atoms with Crippen molar-refractivity contribution < 1.29 is 32.2 Å². The van der Waals surface area contributed by atoms with Crippen LogP contribution in [-0.2, 0) is 20.4 Å². The summed E-state index contributed by atoms with van der Waals surface area (Å²) in [7, 11) is 1.14. The molecule has 24 heavy (non-hydrogen) atoms. The van der Waals surface area contributed by atoms with Crippen molar-refractivity contribution in [1.82, 2.24) is 14.6 Å². The Morgan fingerprint density at radius 2 is 2.08 bits per heavy atom. The summed E-state index contributed by atoms with van der Waals surface area (Å²) in [5.74, 6) is -0.541. The number of nitrogens with zero attached hydrogens (tertiary/aromatic N) is 3. The summed E-state index contributed by atoms with van der Waals surface area (Å²) in [6.45, 7) is 0.873. The van der Waals surface area contributed by atoms with Crippen molar-refractivity contribution in [2.75, 3.05) is 26.1 Å². The van der Waals surface area contributed by atoms with Gasteiger partial charge in [0.2, 0.25) is 0 Å². The third kappa shape index (κ3) is 3.19. The molecule has 0 atom stereocenters. The molecule has 0 unspecified atom stereocenters. The van der Waals surface area contributed by atoms with Crippen LogP contribution in [0, 0.1) is 0 Å². The lowest BCUT2D eigenvalue weighted by Crippen LogP contribution is -2.15. The lowest BCUT2D eigenvalue weighted by Gasteiger charge is -2.13. The minimum atomic E-state index is -4.63. The molecule has 1 aliphatic heterocycles. The number of carbonyl (C=O) groups is 1. The van der Waals surface area contributed by atoms with E-state index in [2.05, 4.69) is 14.9 Å². The van der Waals surface area contributed by atoms with Crippen molar-refractivity contribution in [3.05, 3.63) is 23.4 Å². The van der Waals surface area contributed by atoms with Crippen LogP contribution in [0.25, 0.3) is 5.65 Å². The molecule has 2 aromatic heterocycles. The second-order valence-electron chi connectivity index (χ2n) is 4.75. The summed E-state index contributed by atoms with van der Waals surface area (Å²) in [5, 5.41) is 7.47. The number of pyridine rings is 1. The molecular formula is C13H12F3N3O4S. The molecule has 0 amide bonds. The number of halogens is 3. The van der Waals surface area contributed by atoms with E-state index < -0.39 is 24.1 Å². The fraction of sp³-hybridized carbons (Fsp3) is 0.462. The van der Waals surface area contributed by atoms with Gasteiger partial charge in [-0.2, -0.15) is 13.2 Å². The van der Waals surface area contributed by atoms with Crippen molar-refractivity contribution in [2.24, 2.45) is 0 Å². The fourth-order valence-electron chi connectivity index (χ4n) is 2.20. The monoisotopic (exact) mass is 363 g/mol. The molecule has 1 fully saturated rings. The number of aromatic nitrogens is 3. The molecule has 0 aliphatic carbocycles. The first kappa shape index (κ1) is 17.0. The topological polar surface area (TPSA) is 75.0 Å². The first-order valence-corrected chi connectivity index (χ1v) is 7.80. The summed E-state index contributed by atoms with van der Waals surface area (Å²) < 4.78 is 55.7. The standard InChI is InChI=1S/C13H12F3N3O4S/c1-21-11(20)7-2-3-8(13(14,15)16)19-10(7)17-18-12(19)24-6-9-22-4-5-23-9/h2-3,9H,4-6H2,1H3. The van der Waals surface area contributed by atoms with Gasteiger partial charge in [0.05, 0.1) is 26.1 Å². The molecule has 11 heteroatoms. The third-order valence-electron chi connectivity index (χ3n) is 3.26. The number of carbonyl (C=O) groups excluding carboxylic acids is 1. The number of rotatable bonds is 4. The SMILES string of the molecule is COC(=O)c1ccc(C(F)(F)F)n2c(SCC3OCCO3)nnc12. The lowest BCUT2D eigenvalue weighted by molar-refractivity contribution is -0.142. The quantitative estimate of drug-likeness (QED) is 0.607. The van der Waals surface area contributed by atoms with Crippen LogP contribution in [0.4, 0.5) is 13.2 Å². The van der Waals surface area contributed by atoms with E-state index in [1.165, 1.54) is 0 Å². The van der Waals surface area contributed by atoms with Crippen molar-refractivity contribution >= 4 is 23.4 Å². The molecule has 0 spiro atoms. The van der Waals surface area contributed by atoms with Crippen LogP contribution in [0.1, 0.15) is 16.1 Å². The van der Waals surface area contributed by atoms with E-state index in [-0.39, 0.29) is 22.1 Å². The first-order chi connectivity index (χ1) is 11.4. The van der Waals surface area contributed by atoms with Crippen molar-refractivity contribution in [1.29, 1.82) is 0 Å². The van der Waals surface area contributed by atoms with Gasteiger partial charge in [-0.05, 0) is 12.1 Å². The Kier molecular flexibility index (Phi) is 4.65. The van der Waals surface area contributed by atoms with Crippen LogP contribution in [0.15, 0.2) is 17.3 Å². The van der Waals surface area contributed by atoms with Crippen molar-refractivity contribution in [3.8, 4) is 0 Å². The van der Waals surface area contributed by atoms with E-state index >= 15 is 0 Å². The van der Waals surface area contributed by atoms with Gasteiger partial charge in [-0.3, -0.25) is 4.40 Å². The molecule has 0 N–H and O–H groups in total. The molecule has 3 rings (SSSR count). The number of ether oxygens (including phenoxy) is 3. The Morgan fingerprint density at radius 1 is 1.38 bits per heavy atom. The summed E-state index contributed by atoms with van der Waals surface area (Å²) >= 11 is 0.999.